The summed E-state index contributed by atoms with van der Waals surface area (Å²) in [7, 11) is 0. The SMILES string of the molecule is CCOc1ccc(C[C@H](CNC(=O)[C@@H]2CC(=O)N(C(C)C)C2)C(=O)O)cc1. The number of benzene rings is 1. The number of ether oxygens (including phenoxy) is 1. The Labute approximate surface area is 159 Å². The summed E-state index contributed by atoms with van der Waals surface area (Å²) in [4.78, 5) is 37.5. The first-order valence-electron chi connectivity index (χ1n) is 9.33. The Morgan fingerprint density at radius 2 is 1.96 bits per heavy atom. The number of carbonyl (C=O) groups is 3. The summed E-state index contributed by atoms with van der Waals surface area (Å²) in [6.45, 7) is 6.72. The molecule has 1 aliphatic rings. The zero-order valence-corrected chi connectivity index (χ0v) is 16.1. The zero-order chi connectivity index (χ0) is 20.0. The molecule has 0 unspecified atom stereocenters. The van der Waals surface area contributed by atoms with Crippen molar-refractivity contribution in [3.8, 4) is 5.75 Å². The first-order chi connectivity index (χ1) is 12.8. The number of nitrogens with one attached hydrogen (secondary N) is 1. The van der Waals surface area contributed by atoms with Crippen molar-refractivity contribution in [1.29, 1.82) is 0 Å². The second-order valence-corrected chi connectivity index (χ2v) is 7.10. The monoisotopic (exact) mass is 376 g/mol. The van der Waals surface area contributed by atoms with Gasteiger partial charge in [0.25, 0.3) is 0 Å². The predicted octanol–water partition coefficient (Wildman–Crippen LogP) is 1.70. The van der Waals surface area contributed by atoms with E-state index in [-0.39, 0.29) is 30.8 Å². The maximum atomic E-state index is 12.4. The van der Waals surface area contributed by atoms with E-state index in [1.54, 1.807) is 17.0 Å². The van der Waals surface area contributed by atoms with Crippen LogP contribution in [-0.2, 0) is 20.8 Å². The van der Waals surface area contributed by atoms with Gasteiger partial charge < -0.3 is 20.1 Å². The van der Waals surface area contributed by atoms with Crippen LogP contribution in [0.2, 0.25) is 0 Å². The van der Waals surface area contributed by atoms with Crippen LogP contribution in [-0.4, -0.2) is 53.5 Å². The van der Waals surface area contributed by atoms with Gasteiger partial charge in [0.15, 0.2) is 0 Å². The minimum absolute atomic E-state index is 0.0330. The highest BCUT2D eigenvalue weighted by molar-refractivity contribution is 5.89. The number of carboxylic acids is 1. The number of aliphatic carboxylic acids is 1. The van der Waals surface area contributed by atoms with Gasteiger partial charge in [-0.15, -0.1) is 0 Å². The summed E-state index contributed by atoms with van der Waals surface area (Å²) in [5.74, 6) is -1.67. The Balaban J connectivity index is 1.90. The second kappa shape index (κ2) is 9.39. The van der Waals surface area contributed by atoms with E-state index in [9.17, 15) is 19.5 Å². The third-order valence-corrected chi connectivity index (χ3v) is 4.74. The first-order valence-corrected chi connectivity index (χ1v) is 9.33. The van der Waals surface area contributed by atoms with Gasteiger partial charge in [0, 0.05) is 25.6 Å². The molecule has 1 aromatic rings. The van der Waals surface area contributed by atoms with Crippen LogP contribution in [0.15, 0.2) is 24.3 Å². The number of carboxylic acid groups (broad SMARTS) is 1. The third-order valence-electron chi connectivity index (χ3n) is 4.74. The van der Waals surface area contributed by atoms with Crippen LogP contribution in [0.3, 0.4) is 0 Å². The largest absolute Gasteiger partial charge is 0.494 e. The molecule has 2 amide bonds. The highest BCUT2D eigenvalue weighted by Gasteiger charge is 2.35. The molecular formula is C20H28N2O5. The molecule has 7 heteroatoms. The summed E-state index contributed by atoms with van der Waals surface area (Å²) in [5, 5.41) is 12.2. The Morgan fingerprint density at radius 1 is 1.30 bits per heavy atom. The number of nitrogens with zero attached hydrogens (tertiary/aromatic N) is 1. The van der Waals surface area contributed by atoms with Crippen molar-refractivity contribution in [2.75, 3.05) is 19.7 Å². The minimum Gasteiger partial charge on any atom is -0.494 e. The zero-order valence-electron chi connectivity index (χ0n) is 16.1. The van der Waals surface area contributed by atoms with E-state index >= 15 is 0 Å². The maximum absolute atomic E-state index is 12.4. The van der Waals surface area contributed by atoms with Crippen molar-refractivity contribution in [3.05, 3.63) is 29.8 Å². The fourth-order valence-corrected chi connectivity index (χ4v) is 3.19. The minimum atomic E-state index is -0.963. The summed E-state index contributed by atoms with van der Waals surface area (Å²) < 4.78 is 5.38. The van der Waals surface area contributed by atoms with Gasteiger partial charge in [0.2, 0.25) is 11.8 Å². The fraction of sp³-hybridized carbons (Fsp3) is 0.550. The van der Waals surface area contributed by atoms with E-state index in [2.05, 4.69) is 5.32 Å². The van der Waals surface area contributed by atoms with E-state index in [4.69, 9.17) is 4.74 Å². The van der Waals surface area contributed by atoms with Crippen LogP contribution in [0.5, 0.6) is 5.75 Å². The molecule has 1 heterocycles. The molecule has 1 aliphatic heterocycles. The highest BCUT2D eigenvalue weighted by Crippen LogP contribution is 2.20. The van der Waals surface area contributed by atoms with Gasteiger partial charge >= 0.3 is 5.97 Å². The van der Waals surface area contributed by atoms with E-state index in [0.717, 1.165) is 11.3 Å². The molecule has 2 rings (SSSR count). The number of amides is 2. The molecule has 0 spiro atoms. The van der Waals surface area contributed by atoms with Crippen molar-refractivity contribution >= 4 is 17.8 Å². The first kappa shape index (κ1) is 20.7. The van der Waals surface area contributed by atoms with E-state index in [1.165, 1.54) is 0 Å². The Bertz CT molecular complexity index is 671. The average Bonchev–Trinajstić information content (AvgIpc) is 3.02. The van der Waals surface area contributed by atoms with Gasteiger partial charge in [-0.25, -0.2) is 0 Å². The van der Waals surface area contributed by atoms with Crippen molar-refractivity contribution < 1.29 is 24.2 Å². The van der Waals surface area contributed by atoms with Gasteiger partial charge in [0.05, 0.1) is 18.4 Å². The Hall–Kier alpha value is -2.57. The average molecular weight is 376 g/mol. The molecule has 1 saturated heterocycles. The molecule has 0 aliphatic carbocycles. The molecule has 1 aromatic carbocycles. The van der Waals surface area contributed by atoms with Gasteiger partial charge in [0.1, 0.15) is 5.75 Å². The third kappa shape index (κ3) is 5.70. The fourth-order valence-electron chi connectivity index (χ4n) is 3.19. The number of rotatable bonds is 9. The topological polar surface area (TPSA) is 95.9 Å². The molecule has 1 fully saturated rings. The molecular weight excluding hydrogens is 348 g/mol. The maximum Gasteiger partial charge on any atom is 0.308 e. The van der Waals surface area contributed by atoms with E-state index in [1.807, 2.05) is 32.9 Å². The lowest BCUT2D eigenvalue weighted by Crippen LogP contribution is -2.39. The molecule has 0 aromatic heterocycles. The van der Waals surface area contributed by atoms with Crippen molar-refractivity contribution in [1.82, 2.24) is 10.2 Å². The molecule has 148 valence electrons. The van der Waals surface area contributed by atoms with Crippen molar-refractivity contribution in [2.24, 2.45) is 11.8 Å². The lowest BCUT2D eigenvalue weighted by atomic mass is 9.98. The molecule has 7 nitrogen and oxygen atoms in total. The molecule has 2 atom stereocenters. The second-order valence-electron chi connectivity index (χ2n) is 7.10. The van der Waals surface area contributed by atoms with Crippen LogP contribution in [0, 0.1) is 11.8 Å². The molecule has 2 N–H and O–H groups in total. The molecule has 0 saturated carbocycles. The summed E-state index contributed by atoms with van der Waals surface area (Å²) in [5.41, 5.74) is 0.863. The van der Waals surface area contributed by atoms with Crippen LogP contribution < -0.4 is 10.1 Å². The lowest BCUT2D eigenvalue weighted by Gasteiger charge is -2.21. The Kier molecular flexibility index (Phi) is 7.21. The quantitative estimate of drug-likeness (QED) is 0.684. The molecule has 0 radical (unpaired) electrons. The van der Waals surface area contributed by atoms with E-state index in [0.29, 0.717) is 19.6 Å². The normalized spacial score (nSPS) is 17.9. The number of carbonyl (C=O) groups excluding carboxylic acids is 2. The van der Waals surface area contributed by atoms with Gasteiger partial charge in [-0.2, -0.15) is 0 Å². The summed E-state index contributed by atoms with van der Waals surface area (Å²) in [6, 6.07) is 7.33. The lowest BCUT2D eigenvalue weighted by molar-refractivity contribution is -0.141. The molecule has 0 bridgehead atoms. The Morgan fingerprint density at radius 3 is 2.48 bits per heavy atom. The van der Waals surface area contributed by atoms with E-state index < -0.39 is 17.8 Å². The van der Waals surface area contributed by atoms with Crippen LogP contribution in [0.25, 0.3) is 0 Å². The van der Waals surface area contributed by atoms with Crippen LogP contribution in [0.4, 0.5) is 0 Å². The van der Waals surface area contributed by atoms with Crippen molar-refractivity contribution in [2.45, 2.75) is 39.7 Å². The number of hydrogen-bond acceptors (Lipinski definition) is 4. The summed E-state index contributed by atoms with van der Waals surface area (Å²) in [6.07, 6.45) is 0.490. The number of hydrogen-bond donors (Lipinski definition) is 2. The van der Waals surface area contributed by atoms with Crippen LogP contribution in [0.1, 0.15) is 32.8 Å². The van der Waals surface area contributed by atoms with Gasteiger partial charge in [-0.05, 0) is 44.9 Å². The summed E-state index contributed by atoms with van der Waals surface area (Å²) >= 11 is 0. The van der Waals surface area contributed by atoms with Crippen molar-refractivity contribution in [3.63, 3.8) is 0 Å². The van der Waals surface area contributed by atoms with Gasteiger partial charge in [-0.3, -0.25) is 14.4 Å². The smallest absolute Gasteiger partial charge is 0.308 e. The molecule has 27 heavy (non-hydrogen) atoms. The number of likely N-dealkylation sites (tertiary alicyclic amines) is 1. The van der Waals surface area contributed by atoms with Crippen LogP contribution >= 0.6 is 0 Å². The standard InChI is InChI=1S/C20H28N2O5/c1-4-27-17-7-5-14(6-8-17)9-15(20(25)26)11-21-19(24)16-10-18(23)22(12-16)13(2)3/h5-8,13,15-16H,4,9-12H2,1-3H3,(H,21,24)(H,25,26)/t15-,16-/m1/s1. The predicted molar refractivity (Wildman–Crippen MR) is 100 cm³/mol. The highest BCUT2D eigenvalue weighted by atomic mass is 16.5. The van der Waals surface area contributed by atoms with Gasteiger partial charge in [-0.1, -0.05) is 12.1 Å².